The van der Waals surface area contributed by atoms with Crippen LogP contribution < -0.4 is 61.4 Å². The predicted molar refractivity (Wildman–Crippen MR) is 118 cm³/mol. The van der Waals surface area contributed by atoms with Crippen LogP contribution in [-0.2, 0) is 6.54 Å². The van der Waals surface area contributed by atoms with Gasteiger partial charge in [0.15, 0.2) is 0 Å². The Bertz CT molecular complexity index is 835. The second-order valence-electron chi connectivity index (χ2n) is 7.57. The van der Waals surface area contributed by atoms with Gasteiger partial charge >= 0.3 is 51.4 Å². The van der Waals surface area contributed by atoms with E-state index in [4.69, 9.17) is 4.74 Å². The molecule has 0 spiro atoms. The fourth-order valence-electron chi connectivity index (χ4n) is 3.39. The monoisotopic (exact) mass is 412 g/mol. The van der Waals surface area contributed by atoms with Gasteiger partial charge in [-0.1, -0.05) is 42.0 Å². The van der Waals surface area contributed by atoms with E-state index >= 15 is 0 Å². The second kappa shape index (κ2) is 12.7. The molecule has 3 heteroatoms. The number of hydrogen-bond acceptors (Lipinski definition) is 2. The smallest absolute Gasteiger partial charge is 1.00 e. The van der Waals surface area contributed by atoms with Crippen LogP contribution in [0.5, 0.6) is 5.75 Å². The molecule has 0 amide bonds. The molecule has 29 heavy (non-hydrogen) atoms. The van der Waals surface area contributed by atoms with E-state index in [2.05, 4.69) is 92.8 Å². The Kier molecular flexibility index (Phi) is 10.6. The van der Waals surface area contributed by atoms with Gasteiger partial charge in [0.1, 0.15) is 5.75 Å². The topological polar surface area (TPSA) is 21.3 Å². The first-order valence-electron chi connectivity index (χ1n) is 10.1. The largest absolute Gasteiger partial charge is 1.00 e. The molecule has 0 aliphatic heterocycles. The predicted octanol–water partition coefficient (Wildman–Crippen LogP) is 3.01. The van der Waals surface area contributed by atoms with Crippen LogP contribution in [0.4, 0.5) is 0 Å². The fraction of sp³-hybridized carbons (Fsp3) is 0.308. The van der Waals surface area contributed by atoms with Crippen molar-refractivity contribution < 1.29 is 57.5 Å². The summed E-state index contributed by atoms with van der Waals surface area (Å²) < 4.78 is 5.80. The van der Waals surface area contributed by atoms with Crippen molar-refractivity contribution in [2.24, 2.45) is 0 Å². The summed E-state index contributed by atoms with van der Waals surface area (Å²) in [6, 6.07) is 28.7. The third kappa shape index (κ3) is 8.01. The summed E-state index contributed by atoms with van der Waals surface area (Å²) in [5.41, 5.74) is 5.28. The average molecular weight is 413 g/mol. The van der Waals surface area contributed by atoms with Crippen LogP contribution >= 0.6 is 0 Å². The van der Waals surface area contributed by atoms with Crippen molar-refractivity contribution >= 4 is 0 Å². The maximum atomic E-state index is 5.80. The van der Waals surface area contributed by atoms with E-state index in [1.807, 2.05) is 12.1 Å². The third-order valence-corrected chi connectivity index (χ3v) is 4.86. The van der Waals surface area contributed by atoms with Gasteiger partial charge in [-0.3, -0.25) is 0 Å². The maximum Gasteiger partial charge on any atom is 1.00 e. The third-order valence-electron chi connectivity index (χ3n) is 4.86. The molecule has 0 aromatic heterocycles. The number of aryl methyl sites for hydroxylation is 1. The van der Waals surface area contributed by atoms with Crippen molar-refractivity contribution in [1.82, 2.24) is 5.32 Å². The number of rotatable bonds is 9. The molecular formula is C26H31KNO-. The summed E-state index contributed by atoms with van der Waals surface area (Å²) in [5.74, 6) is 1.30. The van der Waals surface area contributed by atoms with Crippen molar-refractivity contribution in [3.05, 3.63) is 101 Å². The molecule has 0 saturated carbocycles. The van der Waals surface area contributed by atoms with E-state index in [0.29, 0.717) is 5.92 Å². The zero-order valence-electron chi connectivity index (χ0n) is 19.1. The Labute approximate surface area is 220 Å². The molecule has 0 aliphatic rings. The molecule has 3 aromatic rings. The van der Waals surface area contributed by atoms with Gasteiger partial charge in [0.25, 0.3) is 0 Å². The minimum absolute atomic E-state index is 0. The zero-order valence-corrected chi connectivity index (χ0v) is 21.2. The standard InChI is InChI=1S/C26H30NO.K.H/c1-20(2)28-25-15-13-24(14-16-25)26(23-11-9-21(3)10-12-23)17-18-27-19-22-7-5-4-6-8-22;;/h5-16,20,26-27H,17-19H2,1-3H3;;/q-1;+1;-1. The summed E-state index contributed by atoms with van der Waals surface area (Å²) in [5, 5.41) is 3.58. The summed E-state index contributed by atoms with van der Waals surface area (Å²) >= 11 is 0. The van der Waals surface area contributed by atoms with Crippen molar-refractivity contribution in [1.29, 1.82) is 0 Å². The molecule has 0 fully saturated rings. The van der Waals surface area contributed by atoms with Crippen molar-refractivity contribution in [2.75, 3.05) is 6.54 Å². The van der Waals surface area contributed by atoms with E-state index in [1.165, 1.54) is 22.3 Å². The van der Waals surface area contributed by atoms with Crippen LogP contribution in [0.25, 0.3) is 0 Å². The average Bonchev–Trinajstić information content (AvgIpc) is 2.70. The van der Waals surface area contributed by atoms with Gasteiger partial charge < -0.3 is 11.5 Å². The summed E-state index contributed by atoms with van der Waals surface area (Å²) in [6.07, 6.45) is 1.24. The van der Waals surface area contributed by atoms with Gasteiger partial charge in [-0.2, -0.15) is 30.3 Å². The Morgan fingerprint density at radius 1 is 0.897 bits per heavy atom. The number of benzene rings is 3. The molecular weight excluding hydrogens is 381 g/mol. The molecule has 0 saturated heterocycles. The molecule has 1 N–H and O–H groups in total. The normalized spacial score (nSPS) is 11.7. The van der Waals surface area contributed by atoms with Crippen molar-refractivity contribution in [3.63, 3.8) is 0 Å². The molecule has 148 valence electrons. The van der Waals surface area contributed by atoms with Crippen LogP contribution in [-0.4, -0.2) is 12.6 Å². The van der Waals surface area contributed by atoms with Gasteiger partial charge in [-0.05, 0) is 63.5 Å². The Balaban J connectivity index is 0.00000225. The van der Waals surface area contributed by atoms with E-state index < -0.39 is 0 Å². The number of hydrogen-bond donors (Lipinski definition) is 1. The van der Waals surface area contributed by atoms with E-state index in [1.54, 1.807) is 0 Å². The summed E-state index contributed by atoms with van der Waals surface area (Å²) in [4.78, 5) is 0. The van der Waals surface area contributed by atoms with Gasteiger partial charge in [-0.15, -0.1) is 5.56 Å². The molecule has 0 heterocycles. The van der Waals surface area contributed by atoms with Gasteiger partial charge in [0.05, 0.1) is 6.10 Å². The van der Waals surface area contributed by atoms with E-state index in [0.717, 1.165) is 25.3 Å². The van der Waals surface area contributed by atoms with Crippen LogP contribution in [0.2, 0.25) is 0 Å². The van der Waals surface area contributed by atoms with E-state index in [-0.39, 0.29) is 58.9 Å². The maximum absolute atomic E-state index is 5.80. The molecule has 1 atom stereocenters. The van der Waals surface area contributed by atoms with E-state index in [9.17, 15) is 0 Å². The molecule has 0 radical (unpaired) electrons. The first-order chi connectivity index (χ1) is 13.6. The first-order valence-corrected chi connectivity index (χ1v) is 10.1. The summed E-state index contributed by atoms with van der Waals surface area (Å²) in [6.45, 7) is 8.09. The number of ether oxygens (including phenoxy) is 1. The minimum Gasteiger partial charge on any atom is -1.00 e. The molecule has 3 rings (SSSR count). The van der Waals surface area contributed by atoms with Crippen molar-refractivity contribution in [2.45, 2.75) is 45.8 Å². The van der Waals surface area contributed by atoms with Crippen LogP contribution in [0.1, 0.15) is 49.9 Å². The quantitative estimate of drug-likeness (QED) is 0.331. The van der Waals surface area contributed by atoms with Gasteiger partial charge in [-0.25, -0.2) is 0 Å². The zero-order chi connectivity index (χ0) is 19.8. The number of nitrogens with one attached hydrogen (secondary N) is 1. The van der Waals surface area contributed by atoms with Crippen molar-refractivity contribution in [3.8, 4) is 5.75 Å². The molecule has 2 nitrogen and oxygen atoms in total. The Hall–Kier alpha value is -0.944. The first kappa shape index (κ1) is 24.3. The second-order valence-corrected chi connectivity index (χ2v) is 7.57. The minimum atomic E-state index is 0. The molecule has 1 unspecified atom stereocenters. The van der Waals surface area contributed by atoms with Crippen LogP contribution in [0.15, 0.2) is 72.8 Å². The molecule has 0 bridgehead atoms. The Morgan fingerprint density at radius 2 is 1.48 bits per heavy atom. The molecule has 3 aromatic carbocycles. The van der Waals surface area contributed by atoms with Gasteiger partial charge in [0, 0.05) is 5.92 Å². The fourth-order valence-corrected chi connectivity index (χ4v) is 3.39. The summed E-state index contributed by atoms with van der Waals surface area (Å²) in [7, 11) is 0. The Morgan fingerprint density at radius 3 is 2.07 bits per heavy atom. The van der Waals surface area contributed by atoms with Crippen LogP contribution in [0, 0.1) is 13.0 Å². The molecule has 0 aliphatic carbocycles. The SMILES string of the molecule is Cc1ccc(C(CCNCc2cc[c-]cc2)c2ccc(OC(C)C)cc2)cc1.[H-].[K+]. The van der Waals surface area contributed by atoms with Crippen LogP contribution in [0.3, 0.4) is 0 Å². The van der Waals surface area contributed by atoms with Gasteiger partial charge in [0.2, 0.25) is 0 Å².